The van der Waals surface area contributed by atoms with Crippen LogP contribution in [-0.4, -0.2) is 26.2 Å². The summed E-state index contributed by atoms with van der Waals surface area (Å²) < 4.78 is 10.9. The van der Waals surface area contributed by atoms with Crippen molar-refractivity contribution in [3.8, 4) is 24.0 Å². The minimum absolute atomic E-state index is 0.0440. The van der Waals surface area contributed by atoms with Crippen LogP contribution >= 0.6 is 11.3 Å². The van der Waals surface area contributed by atoms with Gasteiger partial charge in [-0.1, -0.05) is 39.3 Å². The molecule has 1 aromatic heterocycles. The van der Waals surface area contributed by atoms with Crippen LogP contribution in [0.5, 0.6) is 5.75 Å². The van der Waals surface area contributed by atoms with Crippen molar-refractivity contribution in [1.82, 2.24) is 0 Å². The first-order valence-corrected chi connectivity index (χ1v) is 15.0. The summed E-state index contributed by atoms with van der Waals surface area (Å²) in [5.41, 5.74) is 2.55. The van der Waals surface area contributed by atoms with Gasteiger partial charge in [-0.2, -0.15) is 15.8 Å². The Hall–Kier alpha value is -4.84. The molecule has 0 atom stereocenters. The van der Waals surface area contributed by atoms with Crippen LogP contribution in [0.1, 0.15) is 68.7 Å². The number of nitriles is 3. The number of ether oxygens (including phenoxy) is 2. The third-order valence-electron chi connectivity index (χ3n) is 6.44. The molecule has 0 saturated heterocycles. The number of hydrogen-bond acceptors (Lipinski definition) is 8. The number of rotatable bonds is 15. The Bertz CT molecular complexity index is 1530. The highest BCUT2D eigenvalue weighted by Gasteiger charge is 2.15. The Morgan fingerprint density at radius 1 is 0.953 bits per heavy atom. The van der Waals surface area contributed by atoms with Crippen LogP contribution in [0.25, 0.3) is 18.2 Å². The van der Waals surface area contributed by atoms with Crippen molar-refractivity contribution in [1.29, 1.82) is 15.8 Å². The zero-order valence-electron chi connectivity index (χ0n) is 25.6. The van der Waals surface area contributed by atoms with Crippen molar-refractivity contribution in [3.05, 3.63) is 86.4 Å². The van der Waals surface area contributed by atoms with E-state index in [0.717, 1.165) is 59.8 Å². The summed E-state index contributed by atoms with van der Waals surface area (Å²) in [7, 11) is 1.32. The van der Waals surface area contributed by atoms with Crippen molar-refractivity contribution in [2.45, 2.75) is 53.4 Å². The molecule has 2 rings (SSSR count). The molecule has 0 saturated carbocycles. The molecule has 0 amide bonds. The molecule has 0 spiro atoms. The van der Waals surface area contributed by atoms with Crippen LogP contribution in [0, 0.1) is 34.0 Å². The van der Waals surface area contributed by atoms with E-state index in [2.05, 4.69) is 31.4 Å². The van der Waals surface area contributed by atoms with Gasteiger partial charge >= 0.3 is 5.97 Å². The van der Waals surface area contributed by atoms with E-state index in [-0.39, 0.29) is 16.9 Å². The lowest BCUT2D eigenvalue weighted by Crippen LogP contribution is -2.25. The molecule has 1 aromatic carbocycles. The number of benzene rings is 1. The van der Waals surface area contributed by atoms with E-state index in [0.29, 0.717) is 16.9 Å². The molecule has 0 aliphatic heterocycles. The first-order chi connectivity index (χ1) is 20.7. The molecule has 8 heteroatoms. The lowest BCUT2D eigenvalue weighted by molar-refractivity contribution is -0.130. The summed E-state index contributed by atoms with van der Waals surface area (Å²) in [6.07, 6.45) is 11.9. The van der Waals surface area contributed by atoms with Gasteiger partial charge in [0.15, 0.2) is 11.3 Å². The lowest BCUT2D eigenvalue weighted by atomic mass is 10.0. The quantitative estimate of drug-likeness (QED) is 0.0507. The summed E-state index contributed by atoms with van der Waals surface area (Å²) in [5, 5.41) is 28.0. The largest absolute Gasteiger partial charge is 0.493 e. The van der Waals surface area contributed by atoms with Crippen molar-refractivity contribution >= 4 is 41.2 Å². The molecule has 0 N–H and O–H groups in total. The number of hydrogen-bond donors (Lipinski definition) is 0. The molecule has 222 valence electrons. The maximum absolute atomic E-state index is 12.5. The fraction of sp³-hybridized carbons (Fsp3) is 0.314. The van der Waals surface area contributed by atoms with E-state index in [1.807, 2.05) is 48.6 Å². The van der Waals surface area contributed by atoms with Crippen LogP contribution < -0.4 is 9.64 Å². The monoisotopic (exact) mass is 594 g/mol. The second-order valence-corrected chi connectivity index (χ2v) is 10.9. The molecular weight excluding hydrogens is 556 g/mol. The molecule has 0 fully saturated rings. The van der Waals surface area contributed by atoms with Gasteiger partial charge in [0.05, 0.1) is 12.7 Å². The summed E-state index contributed by atoms with van der Waals surface area (Å²) in [5.74, 6) is -0.0258. The predicted molar refractivity (Wildman–Crippen MR) is 175 cm³/mol. The van der Waals surface area contributed by atoms with E-state index in [1.54, 1.807) is 32.1 Å². The average Bonchev–Trinajstić information content (AvgIpc) is 3.47. The van der Waals surface area contributed by atoms with Crippen molar-refractivity contribution in [2.75, 3.05) is 25.1 Å². The van der Waals surface area contributed by atoms with Crippen LogP contribution in [0.15, 0.2) is 71.0 Å². The van der Waals surface area contributed by atoms with Crippen LogP contribution in [0.3, 0.4) is 0 Å². The second kappa shape index (κ2) is 17.9. The standard InChI is InChI=1S/C35H38N4O3S/c1-7-9-19-39(20-10-8-2)29-14-12-27(33(21-29)42-35(40)25(3)4)13-16-31-18-17-30(43-31)15-11-26(5)32(24-38)34(41-6)28(22-36)23-37/h11-18,21H,3,7-10,19-20H2,1-2,4-6H3/b15-11+,16-13+,32-26+. The Balaban J connectivity index is 2.38. The number of allylic oxidation sites excluding steroid dienone is 4. The minimum atomic E-state index is -0.465. The van der Waals surface area contributed by atoms with Gasteiger partial charge in [-0.15, -0.1) is 11.3 Å². The van der Waals surface area contributed by atoms with Gasteiger partial charge in [-0.05, 0) is 74.8 Å². The Kier molecular flexibility index (Phi) is 14.3. The van der Waals surface area contributed by atoms with Gasteiger partial charge < -0.3 is 14.4 Å². The van der Waals surface area contributed by atoms with Crippen molar-refractivity contribution < 1.29 is 14.3 Å². The predicted octanol–water partition coefficient (Wildman–Crippen LogP) is 8.61. The zero-order chi connectivity index (χ0) is 31.8. The summed E-state index contributed by atoms with van der Waals surface area (Å²) in [4.78, 5) is 16.7. The number of anilines is 1. The third kappa shape index (κ3) is 10.2. The number of methoxy groups -OCH3 is 1. The Morgan fingerprint density at radius 2 is 1.58 bits per heavy atom. The Morgan fingerprint density at radius 3 is 2.12 bits per heavy atom. The zero-order valence-corrected chi connectivity index (χ0v) is 26.4. The van der Waals surface area contributed by atoms with E-state index in [4.69, 9.17) is 9.47 Å². The molecular formula is C35H38N4O3S. The molecule has 2 aromatic rings. The van der Waals surface area contributed by atoms with E-state index >= 15 is 0 Å². The molecule has 0 aliphatic rings. The first-order valence-electron chi connectivity index (χ1n) is 14.1. The maximum Gasteiger partial charge on any atom is 0.338 e. The van der Waals surface area contributed by atoms with E-state index in [1.165, 1.54) is 18.4 Å². The highest BCUT2D eigenvalue weighted by molar-refractivity contribution is 7.13. The lowest BCUT2D eigenvalue weighted by Gasteiger charge is -2.25. The number of thiophene rings is 1. The van der Waals surface area contributed by atoms with Crippen LogP contribution in [0.4, 0.5) is 5.69 Å². The summed E-state index contributed by atoms with van der Waals surface area (Å²) >= 11 is 1.54. The first kappa shape index (κ1) is 34.4. The number of nitrogens with zero attached hydrogens (tertiary/aromatic N) is 4. The highest BCUT2D eigenvalue weighted by Crippen LogP contribution is 2.30. The third-order valence-corrected chi connectivity index (χ3v) is 7.45. The topological polar surface area (TPSA) is 110 Å². The van der Waals surface area contributed by atoms with E-state index in [9.17, 15) is 20.6 Å². The van der Waals surface area contributed by atoms with Gasteiger partial charge in [0.1, 0.15) is 24.0 Å². The van der Waals surface area contributed by atoms with Gasteiger partial charge in [0, 0.05) is 45.7 Å². The molecule has 7 nitrogen and oxygen atoms in total. The fourth-order valence-corrected chi connectivity index (χ4v) is 4.80. The number of carbonyl (C=O) groups excluding carboxylic acids is 1. The Labute approximate surface area is 259 Å². The smallest absolute Gasteiger partial charge is 0.338 e. The summed E-state index contributed by atoms with van der Waals surface area (Å²) in [6.45, 7) is 13.3. The van der Waals surface area contributed by atoms with Crippen LogP contribution in [-0.2, 0) is 9.53 Å². The van der Waals surface area contributed by atoms with Gasteiger partial charge in [0.25, 0.3) is 0 Å². The maximum atomic E-state index is 12.5. The van der Waals surface area contributed by atoms with Gasteiger partial charge in [-0.25, -0.2) is 4.79 Å². The molecule has 0 unspecified atom stereocenters. The van der Waals surface area contributed by atoms with Gasteiger partial charge in [-0.3, -0.25) is 0 Å². The van der Waals surface area contributed by atoms with Gasteiger partial charge in [0.2, 0.25) is 0 Å². The summed E-state index contributed by atoms with van der Waals surface area (Å²) in [6, 6.07) is 15.5. The van der Waals surface area contributed by atoms with Crippen molar-refractivity contribution in [2.24, 2.45) is 0 Å². The van der Waals surface area contributed by atoms with Crippen LogP contribution in [0.2, 0.25) is 0 Å². The number of unbranched alkanes of at least 4 members (excludes halogenated alkanes) is 2. The van der Waals surface area contributed by atoms with E-state index < -0.39 is 5.97 Å². The normalized spacial score (nSPS) is 11.3. The number of esters is 1. The fourth-order valence-electron chi connectivity index (χ4n) is 3.98. The molecule has 1 heterocycles. The molecule has 0 radical (unpaired) electrons. The molecule has 43 heavy (non-hydrogen) atoms. The minimum Gasteiger partial charge on any atom is -0.493 e. The second-order valence-electron chi connectivity index (χ2n) is 9.79. The molecule has 0 aliphatic carbocycles. The SMILES string of the molecule is C=C(C)C(=O)Oc1cc(N(CCCC)CCCC)ccc1/C=C/c1ccc(/C=C/C(C)=C(\C#N)C(OC)=C(C#N)C#N)s1. The van der Waals surface area contributed by atoms with Crippen molar-refractivity contribution in [3.63, 3.8) is 0 Å². The molecule has 0 bridgehead atoms. The number of carbonyl (C=O) groups is 1. The highest BCUT2D eigenvalue weighted by atomic mass is 32.1. The average molecular weight is 595 g/mol.